The fourth-order valence-electron chi connectivity index (χ4n) is 6.15. The molecule has 1 unspecified atom stereocenters. The zero-order valence-corrected chi connectivity index (χ0v) is 18.6. The first-order valence-corrected chi connectivity index (χ1v) is 11.4. The highest BCUT2D eigenvalue weighted by molar-refractivity contribution is 6.01. The van der Waals surface area contributed by atoms with Crippen molar-refractivity contribution in [3.8, 4) is 0 Å². The smallest absolute Gasteiger partial charge is 0.165 e. The number of hydrogen-bond donors (Lipinski definition) is 1. The number of fused-ring (bicyclic) bond motifs is 1. The monoisotopic (exact) mass is 404 g/mol. The van der Waals surface area contributed by atoms with E-state index >= 15 is 0 Å². The molecule has 3 aliphatic heterocycles. The molecule has 0 bridgehead atoms. The minimum Gasteiger partial charge on any atom is -0.372 e. The van der Waals surface area contributed by atoms with Crippen molar-refractivity contribution in [1.29, 1.82) is 0 Å². The molecule has 0 aromatic heterocycles. The number of carbonyl (C=O) groups is 1. The van der Waals surface area contributed by atoms with Crippen LogP contribution in [0.5, 0.6) is 0 Å². The van der Waals surface area contributed by atoms with Crippen LogP contribution in [0, 0.1) is 5.41 Å². The fourth-order valence-corrected chi connectivity index (χ4v) is 6.15. The fraction of sp³-hybridized carbons (Fsp3) is 0.560. The molecule has 158 valence electrons. The Hall–Kier alpha value is -2.43. The third-order valence-corrected chi connectivity index (χ3v) is 7.40. The molecule has 1 saturated heterocycles. The third kappa shape index (κ3) is 2.78. The number of Topliss-reactive ketones (excluding diaryl/α,β-unsaturated/α-hetero) is 1. The summed E-state index contributed by atoms with van der Waals surface area (Å²) < 4.78 is 0. The summed E-state index contributed by atoms with van der Waals surface area (Å²) in [6, 6.07) is 8.91. The maximum absolute atomic E-state index is 13.6. The van der Waals surface area contributed by atoms with Gasteiger partial charge >= 0.3 is 0 Å². The zero-order valence-electron chi connectivity index (χ0n) is 18.6. The molecule has 30 heavy (non-hydrogen) atoms. The molecule has 1 aliphatic carbocycles. The number of nitrogens with zero attached hydrogens (tertiary/aromatic N) is 3. The van der Waals surface area contributed by atoms with Crippen molar-refractivity contribution in [3.05, 3.63) is 52.4 Å². The van der Waals surface area contributed by atoms with Crippen LogP contribution in [0.4, 0.5) is 5.69 Å². The highest BCUT2D eigenvalue weighted by Crippen LogP contribution is 2.55. The molecule has 5 nitrogen and oxygen atoms in total. The van der Waals surface area contributed by atoms with Crippen LogP contribution in [-0.2, 0) is 10.2 Å². The molecule has 2 atom stereocenters. The van der Waals surface area contributed by atoms with Crippen molar-refractivity contribution >= 4 is 11.5 Å². The lowest BCUT2D eigenvalue weighted by molar-refractivity contribution is -0.119. The van der Waals surface area contributed by atoms with Gasteiger partial charge in [-0.3, -0.25) is 4.79 Å². The van der Waals surface area contributed by atoms with Gasteiger partial charge in [0.2, 0.25) is 0 Å². The molecule has 1 N–H and O–H groups in total. The predicted molar refractivity (Wildman–Crippen MR) is 119 cm³/mol. The van der Waals surface area contributed by atoms with Crippen LogP contribution in [0.3, 0.4) is 0 Å². The first-order valence-electron chi connectivity index (χ1n) is 11.4. The van der Waals surface area contributed by atoms with Gasteiger partial charge in [0, 0.05) is 42.0 Å². The lowest BCUT2D eigenvalue weighted by atomic mass is 9.58. The van der Waals surface area contributed by atoms with Crippen LogP contribution in [0.25, 0.3) is 0 Å². The average molecular weight is 405 g/mol. The summed E-state index contributed by atoms with van der Waals surface area (Å²) in [7, 11) is 0. The molecule has 0 saturated carbocycles. The largest absolute Gasteiger partial charge is 0.372 e. The van der Waals surface area contributed by atoms with Crippen molar-refractivity contribution in [2.45, 2.75) is 71.4 Å². The summed E-state index contributed by atoms with van der Waals surface area (Å²) in [5, 5.41) is 12.6. The Kier molecular flexibility index (Phi) is 4.42. The summed E-state index contributed by atoms with van der Waals surface area (Å²) >= 11 is 0. The minimum absolute atomic E-state index is 0.0359. The number of rotatable bonds is 3. The Bertz CT molecular complexity index is 996. The number of ketones is 1. The van der Waals surface area contributed by atoms with Gasteiger partial charge in [-0.05, 0) is 55.7 Å². The third-order valence-electron chi connectivity index (χ3n) is 7.40. The van der Waals surface area contributed by atoms with Crippen LogP contribution >= 0.6 is 0 Å². The minimum atomic E-state index is -0.456. The number of hydrogen-bond acceptors (Lipinski definition) is 5. The van der Waals surface area contributed by atoms with Crippen LogP contribution in [-0.4, -0.2) is 25.0 Å². The summed E-state index contributed by atoms with van der Waals surface area (Å²) in [4.78, 5) is 16.1. The average Bonchev–Trinajstić information content (AvgIpc) is 3.36. The maximum Gasteiger partial charge on any atom is 0.165 e. The molecule has 3 heterocycles. The van der Waals surface area contributed by atoms with E-state index in [0.29, 0.717) is 6.42 Å². The van der Waals surface area contributed by atoms with Gasteiger partial charge in [0.1, 0.15) is 0 Å². The zero-order chi connectivity index (χ0) is 21.1. The van der Waals surface area contributed by atoms with Crippen molar-refractivity contribution in [2.75, 3.05) is 18.0 Å². The molecule has 1 aromatic rings. The SMILES string of the molecule is CC[C@@]1(c2cccc(N3CCCC3)c2)C2=C(CC(C)(C)CC2=O)NC2N=NC(C)=C21. The van der Waals surface area contributed by atoms with Crippen molar-refractivity contribution in [3.63, 3.8) is 0 Å². The van der Waals surface area contributed by atoms with E-state index < -0.39 is 5.41 Å². The highest BCUT2D eigenvalue weighted by Gasteiger charge is 2.53. The first-order chi connectivity index (χ1) is 14.4. The Labute approximate surface area is 179 Å². The van der Waals surface area contributed by atoms with E-state index in [9.17, 15) is 4.79 Å². The van der Waals surface area contributed by atoms with Gasteiger partial charge in [-0.2, -0.15) is 10.2 Å². The van der Waals surface area contributed by atoms with Gasteiger partial charge in [0.15, 0.2) is 11.9 Å². The molecule has 5 heteroatoms. The second-order valence-corrected chi connectivity index (χ2v) is 10.1. The normalized spacial score (nSPS) is 29.9. The van der Waals surface area contributed by atoms with Crippen LogP contribution in [0.1, 0.15) is 65.4 Å². The number of carbonyl (C=O) groups excluding carboxylic acids is 1. The van der Waals surface area contributed by atoms with Gasteiger partial charge < -0.3 is 10.2 Å². The highest BCUT2D eigenvalue weighted by atomic mass is 16.1. The predicted octanol–water partition coefficient (Wildman–Crippen LogP) is 5.25. The van der Waals surface area contributed by atoms with E-state index in [1.54, 1.807) is 0 Å². The van der Waals surface area contributed by atoms with E-state index in [1.807, 2.05) is 6.92 Å². The van der Waals surface area contributed by atoms with E-state index in [2.05, 4.69) is 65.5 Å². The Morgan fingerprint density at radius 1 is 1.20 bits per heavy atom. The molecule has 0 spiro atoms. The van der Waals surface area contributed by atoms with Crippen molar-refractivity contribution < 1.29 is 4.79 Å². The van der Waals surface area contributed by atoms with Gasteiger partial charge in [-0.1, -0.05) is 32.9 Å². The van der Waals surface area contributed by atoms with Gasteiger partial charge in [-0.15, -0.1) is 0 Å². The van der Waals surface area contributed by atoms with Crippen molar-refractivity contribution in [1.82, 2.24) is 5.32 Å². The maximum atomic E-state index is 13.6. The molecule has 1 fully saturated rings. The Balaban J connectivity index is 1.74. The van der Waals surface area contributed by atoms with E-state index in [0.717, 1.165) is 48.5 Å². The second kappa shape index (κ2) is 6.79. The molecular formula is C25H32N4O. The first kappa shape index (κ1) is 19.5. The summed E-state index contributed by atoms with van der Waals surface area (Å²) in [5.74, 6) is 0.271. The van der Waals surface area contributed by atoms with Crippen LogP contribution in [0.15, 0.2) is 57.0 Å². The molecule has 4 aliphatic rings. The van der Waals surface area contributed by atoms with Crippen LogP contribution < -0.4 is 10.2 Å². The Morgan fingerprint density at radius 2 is 1.97 bits per heavy atom. The molecule has 0 radical (unpaired) electrons. The molecule has 5 rings (SSSR count). The molecule has 0 amide bonds. The van der Waals surface area contributed by atoms with Crippen LogP contribution in [0.2, 0.25) is 0 Å². The number of nitrogens with one attached hydrogen (secondary N) is 1. The van der Waals surface area contributed by atoms with Gasteiger partial charge in [-0.25, -0.2) is 0 Å². The molecule has 1 aromatic carbocycles. The summed E-state index contributed by atoms with van der Waals surface area (Å²) in [6.45, 7) is 10.8. The second-order valence-electron chi connectivity index (χ2n) is 10.1. The van der Waals surface area contributed by atoms with E-state index in [-0.39, 0.29) is 17.4 Å². The summed E-state index contributed by atoms with van der Waals surface area (Å²) in [5.41, 5.74) is 6.13. The summed E-state index contributed by atoms with van der Waals surface area (Å²) in [6.07, 6.45) is 4.63. The van der Waals surface area contributed by atoms with Gasteiger partial charge in [0.25, 0.3) is 0 Å². The quantitative estimate of drug-likeness (QED) is 0.749. The number of allylic oxidation sites excluding steroid dienone is 3. The van der Waals surface area contributed by atoms with E-state index in [1.165, 1.54) is 24.1 Å². The molecular weight excluding hydrogens is 372 g/mol. The number of azo groups is 1. The lowest BCUT2D eigenvalue weighted by Crippen LogP contribution is -2.51. The standard InChI is InChI=1S/C25H32N4O/c1-5-25(17-9-8-10-18(13-17)29-11-6-7-12-29)21-16(2)27-28-23(21)26-19-14-24(3,4)15-20(30)22(19)25/h8-10,13,23,26H,5-7,11-12,14-15H2,1-4H3/t23?,25-/m0/s1. The number of anilines is 1. The Morgan fingerprint density at radius 3 is 2.70 bits per heavy atom. The van der Waals surface area contributed by atoms with Gasteiger partial charge in [0.05, 0.1) is 11.1 Å². The topological polar surface area (TPSA) is 57.1 Å². The van der Waals surface area contributed by atoms with E-state index in [4.69, 9.17) is 0 Å². The number of benzene rings is 1. The van der Waals surface area contributed by atoms with Crippen molar-refractivity contribution in [2.24, 2.45) is 15.6 Å². The lowest BCUT2D eigenvalue weighted by Gasteiger charge is -2.48.